The Bertz CT molecular complexity index is 675. The fraction of sp³-hybridized carbons (Fsp3) is 0.467. The first-order valence-corrected chi connectivity index (χ1v) is 8.56. The van der Waals surface area contributed by atoms with Crippen LogP contribution in [0.15, 0.2) is 29.2 Å². The molecule has 4 N–H and O–H groups in total. The van der Waals surface area contributed by atoms with Gasteiger partial charge in [-0.2, -0.15) is 4.72 Å². The molecule has 0 heterocycles. The lowest BCUT2D eigenvalue weighted by atomic mass is 9.87. The minimum absolute atomic E-state index is 0.0316. The number of nitrogens with two attached hydrogens (primary N) is 1. The zero-order chi connectivity index (χ0) is 17.8. The quantitative estimate of drug-likeness (QED) is 0.681. The average molecular weight is 342 g/mol. The largest absolute Gasteiger partial charge is 0.480 e. The highest BCUT2D eigenvalue weighted by molar-refractivity contribution is 7.89. The van der Waals surface area contributed by atoms with Gasteiger partial charge in [0.15, 0.2) is 0 Å². The van der Waals surface area contributed by atoms with Crippen LogP contribution in [0.3, 0.4) is 0 Å². The van der Waals surface area contributed by atoms with Crippen molar-refractivity contribution in [2.75, 3.05) is 0 Å². The van der Waals surface area contributed by atoms with Crippen LogP contribution in [0, 0.1) is 0 Å². The zero-order valence-corrected chi connectivity index (χ0v) is 14.2. The molecule has 1 aromatic carbocycles. The SMILES string of the molecule is CC(C)(C)c1ccc(S(=O)(=O)N[C@@H](CCC(N)=O)C(=O)O)cc1. The lowest BCUT2D eigenvalue weighted by Gasteiger charge is -2.19. The maximum absolute atomic E-state index is 12.3. The summed E-state index contributed by atoms with van der Waals surface area (Å²) in [4.78, 5) is 21.8. The van der Waals surface area contributed by atoms with Crippen LogP contribution in [0.4, 0.5) is 0 Å². The molecule has 0 aliphatic carbocycles. The molecule has 0 radical (unpaired) electrons. The third-order valence-electron chi connectivity index (χ3n) is 3.31. The van der Waals surface area contributed by atoms with Crippen molar-refractivity contribution in [1.82, 2.24) is 4.72 Å². The van der Waals surface area contributed by atoms with Crippen LogP contribution >= 0.6 is 0 Å². The molecular formula is C15H22N2O5S. The molecule has 1 amide bonds. The molecule has 1 atom stereocenters. The molecular weight excluding hydrogens is 320 g/mol. The van der Waals surface area contributed by atoms with Gasteiger partial charge in [0, 0.05) is 6.42 Å². The second kappa shape index (κ2) is 7.10. The van der Waals surface area contributed by atoms with Gasteiger partial charge in [-0.15, -0.1) is 0 Å². The number of carbonyl (C=O) groups excluding carboxylic acids is 1. The average Bonchev–Trinajstić information content (AvgIpc) is 2.42. The number of nitrogens with one attached hydrogen (secondary N) is 1. The number of rotatable bonds is 7. The molecule has 0 spiro atoms. The summed E-state index contributed by atoms with van der Waals surface area (Å²) < 4.78 is 26.6. The number of sulfonamides is 1. The predicted octanol–water partition coefficient (Wildman–Crippen LogP) is 0.981. The fourth-order valence-electron chi connectivity index (χ4n) is 1.91. The number of aliphatic carboxylic acids is 1. The molecule has 0 aromatic heterocycles. The molecule has 0 saturated carbocycles. The Morgan fingerprint density at radius 3 is 2.13 bits per heavy atom. The Morgan fingerprint density at radius 1 is 1.22 bits per heavy atom. The predicted molar refractivity (Wildman–Crippen MR) is 85.3 cm³/mol. The summed E-state index contributed by atoms with van der Waals surface area (Å²) in [5.41, 5.74) is 5.80. The molecule has 0 aliphatic heterocycles. The molecule has 7 nitrogen and oxygen atoms in total. The highest BCUT2D eigenvalue weighted by Crippen LogP contribution is 2.23. The van der Waals surface area contributed by atoms with Gasteiger partial charge in [0.05, 0.1) is 4.90 Å². The first kappa shape index (κ1) is 19.1. The Balaban J connectivity index is 2.96. The van der Waals surface area contributed by atoms with E-state index in [9.17, 15) is 18.0 Å². The molecule has 0 unspecified atom stereocenters. The van der Waals surface area contributed by atoms with Gasteiger partial charge >= 0.3 is 5.97 Å². The van der Waals surface area contributed by atoms with Gasteiger partial charge in [-0.25, -0.2) is 8.42 Å². The van der Waals surface area contributed by atoms with Gasteiger partial charge in [0.1, 0.15) is 6.04 Å². The van der Waals surface area contributed by atoms with Crippen LogP contribution in [0.1, 0.15) is 39.2 Å². The van der Waals surface area contributed by atoms with Crippen molar-refractivity contribution in [3.05, 3.63) is 29.8 Å². The minimum atomic E-state index is -4.00. The fourth-order valence-corrected chi connectivity index (χ4v) is 3.13. The Labute approximate surface area is 135 Å². The van der Waals surface area contributed by atoms with Crippen LogP contribution in [-0.2, 0) is 25.0 Å². The van der Waals surface area contributed by atoms with Gasteiger partial charge in [-0.05, 0) is 29.5 Å². The molecule has 1 aromatic rings. The Morgan fingerprint density at radius 2 is 1.74 bits per heavy atom. The van der Waals surface area contributed by atoms with Crippen molar-refractivity contribution in [2.24, 2.45) is 5.73 Å². The second-order valence-corrected chi connectivity index (χ2v) is 8.01. The van der Waals surface area contributed by atoms with Crippen molar-refractivity contribution in [1.29, 1.82) is 0 Å². The second-order valence-electron chi connectivity index (χ2n) is 6.29. The van der Waals surface area contributed by atoms with Crippen molar-refractivity contribution >= 4 is 21.9 Å². The van der Waals surface area contributed by atoms with Crippen LogP contribution in [-0.4, -0.2) is 31.4 Å². The van der Waals surface area contributed by atoms with Crippen LogP contribution in [0.25, 0.3) is 0 Å². The van der Waals surface area contributed by atoms with E-state index >= 15 is 0 Å². The first-order valence-electron chi connectivity index (χ1n) is 7.07. The lowest BCUT2D eigenvalue weighted by molar-refractivity contribution is -0.139. The summed E-state index contributed by atoms with van der Waals surface area (Å²) >= 11 is 0. The van der Waals surface area contributed by atoms with Crippen LogP contribution < -0.4 is 10.5 Å². The van der Waals surface area contributed by atoms with E-state index in [-0.39, 0.29) is 23.2 Å². The van der Waals surface area contributed by atoms with E-state index in [0.717, 1.165) is 5.56 Å². The monoisotopic (exact) mass is 342 g/mol. The first-order chi connectivity index (χ1) is 10.4. The molecule has 23 heavy (non-hydrogen) atoms. The van der Waals surface area contributed by atoms with Crippen molar-refractivity contribution in [3.8, 4) is 0 Å². The summed E-state index contributed by atoms with van der Waals surface area (Å²) in [6, 6.07) is 4.82. The maximum Gasteiger partial charge on any atom is 0.321 e. The van der Waals surface area contributed by atoms with Gasteiger partial charge in [-0.3, -0.25) is 9.59 Å². The van der Waals surface area contributed by atoms with E-state index in [1.54, 1.807) is 12.1 Å². The molecule has 0 saturated heterocycles. The number of hydrogen-bond acceptors (Lipinski definition) is 4. The Kier molecular flexibility index (Phi) is 5.90. The van der Waals surface area contributed by atoms with E-state index in [4.69, 9.17) is 10.8 Å². The third kappa shape index (κ3) is 5.65. The topological polar surface area (TPSA) is 127 Å². The standard InChI is InChI=1S/C15H22N2O5S/c1-15(2,3)10-4-6-11(7-5-10)23(21,22)17-12(14(19)20)8-9-13(16)18/h4-7,12,17H,8-9H2,1-3H3,(H2,16,18)(H,19,20)/t12-/m0/s1. The smallest absolute Gasteiger partial charge is 0.321 e. The van der Waals surface area contributed by atoms with E-state index in [0.29, 0.717) is 0 Å². The van der Waals surface area contributed by atoms with Crippen molar-refractivity contribution < 1.29 is 23.1 Å². The van der Waals surface area contributed by atoms with Crippen LogP contribution in [0.5, 0.6) is 0 Å². The number of carboxylic acids is 1. The highest BCUT2D eigenvalue weighted by Gasteiger charge is 2.26. The zero-order valence-electron chi connectivity index (χ0n) is 13.4. The maximum atomic E-state index is 12.3. The number of carboxylic acid groups (broad SMARTS) is 1. The van der Waals surface area contributed by atoms with Crippen LogP contribution in [0.2, 0.25) is 0 Å². The molecule has 8 heteroatoms. The number of primary amides is 1. The summed E-state index contributed by atoms with van der Waals surface area (Å²) in [5, 5.41) is 9.07. The summed E-state index contributed by atoms with van der Waals surface area (Å²) in [7, 11) is -4.00. The summed E-state index contributed by atoms with van der Waals surface area (Å²) in [6.45, 7) is 6.00. The number of amides is 1. The van der Waals surface area contributed by atoms with Crippen molar-refractivity contribution in [3.63, 3.8) is 0 Å². The Hall–Kier alpha value is -1.93. The molecule has 0 bridgehead atoms. The number of hydrogen-bond donors (Lipinski definition) is 3. The summed E-state index contributed by atoms with van der Waals surface area (Å²) in [5.74, 6) is -2.05. The summed E-state index contributed by atoms with van der Waals surface area (Å²) in [6.07, 6.45) is -0.424. The van der Waals surface area contributed by atoms with Gasteiger partial charge < -0.3 is 10.8 Å². The van der Waals surface area contributed by atoms with E-state index in [1.807, 2.05) is 20.8 Å². The number of benzene rings is 1. The number of carbonyl (C=O) groups is 2. The van der Waals surface area contributed by atoms with E-state index in [1.165, 1.54) is 12.1 Å². The highest BCUT2D eigenvalue weighted by atomic mass is 32.2. The normalized spacial score (nSPS) is 13.5. The minimum Gasteiger partial charge on any atom is -0.480 e. The lowest BCUT2D eigenvalue weighted by Crippen LogP contribution is -2.41. The van der Waals surface area contributed by atoms with Gasteiger partial charge in [0.2, 0.25) is 15.9 Å². The van der Waals surface area contributed by atoms with Gasteiger partial charge in [0.25, 0.3) is 0 Å². The molecule has 0 fully saturated rings. The third-order valence-corrected chi connectivity index (χ3v) is 4.79. The van der Waals surface area contributed by atoms with E-state index < -0.39 is 27.9 Å². The van der Waals surface area contributed by atoms with E-state index in [2.05, 4.69) is 4.72 Å². The van der Waals surface area contributed by atoms with Crippen molar-refractivity contribution in [2.45, 2.75) is 50.0 Å². The molecule has 0 aliphatic rings. The molecule has 1 rings (SSSR count). The van der Waals surface area contributed by atoms with Gasteiger partial charge in [-0.1, -0.05) is 32.9 Å². The molecule has 128 valence electrons.